The predicted molar refractivity (Wildman–Crippen MR) is 88.5 cm³/mol. The van der Waals surface area contributed by atoms with Crippen LogP contribution in [0.1, 0.15) is 36.0 Å². The van der Waals surface area contributed by atoms with E-state index in [-0.39, 0.29) is 23.8 Å². The second-order valence-electron chi connectivity index (χ2n) is 5.84. The molecule has 0 spiro atoms. The number of hydrogen-bond acceptors (Lipinski definition) is 5. The van der Waals surface area contributed by atoms with Crippen molar-refractivity contribution in [3.63, 3.8) is 0 Å². The molecule has 1 saturated carbocycles. The van der Waals surface area contributed by atoms with Crippen LogP contribution in [0, 0.1) is 5.92 Å². The first-order valence-corrected chi connectivity index (χ1v) is 7.90. The van der Waals surface area contributed by atoms with E-state index >= 15 is 0 Å². The van der Waals surface area contributed by atoms with E-state index in [0.29, 0.717) is 35.7 Å². The third kappa shape index (κ3) is 3.90. The monoisotopic (exact) mass is 336 g/mol. The number of amides is 2. The molecule has 0 heterocycles. The molecule has 0 saturated heterocycles. The van der Waals surface area contributed by atoms with Crippen LogP contribution in [0.4, 0.5) is 0 Å². The number of nitrogens with one attached hydrogen (secondary N) is 1. The molecule has 7 heteroatoms. The average molecular weight is 336 g/mol. The van der Waals surface area contributed by atoms with Crippen molar-refractivity contribution in [2.45, 2.75) is 31.7 Å². The van der Waals surface area contributed by atoms with Crippen molar-refractivity contribution in [3.05, 3.63) is 17.7 Å². The van der Waals surface area contributed by atoms with Gasteiger partial charge in [0.05, 0.1) is 21.3 Å². The van der Waals surface area contributed by atoms with Gasteiger partial charge in [-0.2, -0.15) is 0 Å². The molecule has 1 aromatic carbocycles. The van der Waals surface area contributed by atoms with Gasteiger partial charge in [-0.1, -0.05) is 0 Å². The predicted octanol–water partition coefficient (Wildman–Crippen LogP) is 1.49. The molecule has 0 atom stereocenters. The molecule has 0 bridgehead atoms. The van der Waals surface area contributed by atoms with E-state index in [2.05, 4.69) is 5.32 Å². The maximum atomic E-state index is 12.5. The zero-order valence-corrected chi connectivity index (χ0v) is 14.3. The van der Waals surface area contributed by atoms with Gasteiger partial charge in [0.2, 0.25) is 11.7 Å². The summed E-state index contributed by atoms with van der Waals surface area (Å²) in [6, 6.07) is 3.27. The SMILES string of the molecule is COc1cc(C(=O)NC2CCC(C(N)=O)CC2)cc(OC)c1OC. The number of nitrogens with two attached hydrogens (primary N) is 1. The summed E-state index contributed by atoms with van der Waals surface area (Å²) in [4.78, 5) is 23.7. The maximum absolute atomic E-state index is 12.5. The minimum absolute atomic E-state index is 0.0344. The molecule has 2 rings (SSSR count). The highest BCUT2D eigenvalue weighted by Crippen LogP contribution is 2.38. The van der Waals surface area contributed by atoms with E-state index in [9.17, 15) is 9.59 Å². The number of hydrogen-bond donors (Lipinski definition) is 2. The number of carbonyl (C=O) groups excluding carboxylic acids is 2. The van der Waals surface area contributed by atoms with Gasteiger partial charge >= 0.3 is 0 Å². The molecule has 0 aliphatic heterocycles. The van der Waals surface area contributed by atoms with Crippen molar-refractivity contribution < 1.29 is 23.8 Å². The van der Waals surface area contributed by atoms with Gasteiger partial charge in [0, 0.05) is 17.5 Å². The van der Waals surface area contributed by atoms with E-state index in [0.717, 1.165) is 12.8 Å². The number of ether oxygens (including phenoxy) is 3. The van der Waals surface area contributed by atoms with Crippen LogP contribution in [-0.2, 0) is 4.79 Å². The van der Waals surface area contributed by atoms with Gasteiger partial charge in [0.15, 0.2) is 11.5 Å². The van der Waals surface area contributed by atoms with Crippen molar-refractivity contribution in [2.75, 3.05) is 21.3 Å². The molecular formula is C17H24N2O5. The van der Waals surface area contributed by atoms with E-state index < -0.39 is 0 Å². The van der Waals surface area contributed by atoms with Gasteiger partial charge in [0.25, 0.3) is 5.91 Å². The quantitative estimate of drug-likeness (QED) is 0.820. The summed E-state index contributed by atoms with van der Waals surface area (Å²) in [6.07, 6.45) is 2.89. The third-order valence-electron chi connectivity index (χ3n) is 4.39. The lowest BCUT2D eigenvalue weighted by Crippen LogP contribution is -2.39. The van der Waals surface area contributed by atoms with Crippen LogP contribution >= 0.6 is 0 Å². The maximum Gasteiger partial charge on any atom is 0.251 e. The van der Waals surface area contributed by atoms with Crippen LogP contribution in [0.3, 0.4) is 0 Å². The Hall–Kier alpha value is -2.44. The Bertz CT molecular complexity index is 584. The lowest BCUT2D eigenvalue weighted by atomic mass is 9.85. The van der Waals surface area contributed by atoms with E-state index in [4.69, 9.17) is 19.9 Å². The molecule has 0 unspecified atom stereocenters. The molecule has 1 aromatic rings. The Labute approximate surface area is 141 Å². The highest BCUT2D eigenvalue weighted by molar-refractivity contribution is 5.95. The largest absolute Gasteiger partial charge is 0.493 e. The van der Waals surface area contributed by atoms with Crippen molar-refractivity contribution in [3.8, 4) is 17.2 Å². The molecule has 3 N–H and O–H groups in total. The number of rotatable bonds is 6. The van der Waals surface area contributed by atoms with E-state index in [1.807, 2.05) is 0 Å². The minimum Gasteiger partial charge on any atom is -0.493 e. The molecule has 2 amide bonds. The van der Waals surface area contributed by atoms with Crippen molar-refractivity contribution >= 4 is 11.8 Å². The Balaban J connectivity index is 2.09. The topological polar surface area (TPSA) is 99.9 Å². The van der Waals surface area contributed by atoms with E-state index in [1.165, 1.54) is 21.3 Å². The first kappa shape index (κ1) is 17.9. The van der Waals surface area contributed by atoms with Gasteiger partial charge < -0.3 is 25.3 Å². The number of primary amides is 1. The lowest BCUT2D eigenvalue weighted by molar-refractivity contribution is -0.122. The highest BCUT2D eigenvalue weighted by atomic mass is 16.5. The minimum atomic E-state index is -0.260. The molecule has 1 fully saturated rings. The Kier molecular flexibility index (Phi) is 5.89. The molecule has 7 nitrogen and oxygen atoms in total. The molecule has 1 aliphatic rings. The summed E-state index contributed by atoms with van der Waals surface area (Å²) < 4.78 is 15.8. The zero-order chi connectivity index (χ0) is 17.7. The summed E-state index contributed by atoms with van der Waals surface area (Å²) in [5.74, 6) is 0.748. The zero-order valence-electron chi connectivity index (χ0n) is 14.3. The number of benzene rings is 1. The van der Waals surface area contributed by atoms with Crippen molar-refractivity contribution in [1.82, 2.24) is 5.32 Å². The second kappa shape index (κ2) is 7.90. The van der Waals surface area contributed by atoms with Crippen LogP contribution in [0.25, 0.3) is 0 Å². The first-order chi connectivity index (χ1) is 11.5. The smallest absolute Gasteiger partial charge is 0.251 e. The van der Waals surface area contributed by atoms with E-state index in [1.54, 1.807) is 12.1 Å². The summed E-state index contributed by atoms with van der Waals surface area (Å²) in [6.45, 7) is 0. The fraction of sp³-hybridized carbons (Fsp3) is 0.529. The molecule has 1 aliphatic carbocycles. The second-order valence-corrected chi connectivity index (χ2v) is 5.84. The standard InChI is InChI=1S/C17H24N2O5/c1-22-13-8-11(9-14(23-2)15(13)24-3)17(21)19-12-6-4-10(5-7-12)16(18)20/h8-10,12H,4-7H2,1-3H3,(H2,18,20)(H,19,21). The fourth-order valence-corrected chi connectivity index (χ4v) is 3.00. The average Bonchev–Trinajstić information content (AvgIpc) is 2.60. The summed E-state index contributed by atoms with van der Waals surface area (Å²) in [5, 5.41) is 2.99. The summed E-state index contributed by atoms with van der Waals surface area (Å²) in [5.41, 5.74) is 5.76. The number of methoxy groups -OCH3 is 3. The highest BCUT2D eigenvalue weighted by Gasteiger charge is 2.26. The molecule has 24 heavy (non-hydrogen) atoms. The normalized spacial score (nSPS) is 20.1. The molecule has 0 radical (unpaired) electrons. The van der Waals surface area contributed by atoms with Gasteiger partial charge in [-0.3, -0.25) is 9.59 Å². The Morgan fingerprint density at radius 2 is 1.54 bits per heavy atom. The Morgan fingerprint density at radius 3 is 1.96 bits per heavy atom. The summed E-state index contributed by atoms with van der Waals surface area (Å²) in [7, 11) is 4.52. The Morgan fingerprint density at radius 1 is 1.00 bits per heavy atom. The lowest BCUT2D eigenvalue weighted by Gasteiger charge is -2.27. The molecule has 0 aromatic heterocycles. The van der Waals surface area contributed by atoms with Gasteiger partial charge in [-0.05, 0) is 37.8 Å². The van der Waals surface area contributed by atoms with Crippen LogP contribution in [0.15, 0.2) is 12.1 Å². The van der Waals surface area contributed by atoms with Crippen LogP contribution in [0.5, 0.6) is 17.2 Å². The summed E-state index contributed by atoms with van der Waals surface area (Å²) >= 11 is 0. The van der Waals surface area contributed by atoms with Crippen LogP contribution in [-0.4, -0.2) is 39.2 Å². The number of carbonyl (C=O) groups is 2. The van der Waals surface area contributed by atoms with Gasteiger partial charge in [0.1, 0.15) is 0 Å². The first-order valence-electron chi connectivity index (χ1n) is 7.90. The van der Waals surface area contributed by atoms with Gasteiger partial charge in [-0.25, -0.2) is 0 Å². The third-order valence-corrected chi connectivity index (χ3v) is 4.39. The van der Waals surface area contributed by atoms with Crippen LogP contribution in [0.2, 0.25) is 0 Å². The van der Waals surface area contributed by atoms with Gasteiger partial charge in [-0.15, -0.1) is 0 Å². The fourth-order valence-electron chi connectivity index (χ4n) is 3.00. The molecular weight excluding hydrogens is 312 g/mol. The van der Waals surface area contributed by atoms with Crippen LogP contribution < -0.4 is 25.3 Å². The van der Waals surface area contributed by atoms with Crippen molar-refractivity contribution in [1.29, 1.82) is 0 Å². The van der Waals surface area contributed by atoms with Crippen molar-refractivity contribution in [2.24, 2.45) is 11.7 Å². The molecule has 132 valence electrons.